The zero-order valence-electron chi connectivity index (χ0n) is 15.0. The molecule has 0 aromatic heterocycles. The Bertz CT molecular complexity index is 436. The molecule has 138 valence electrons. The zero-order valence-corrected chi connectivity index (χ0v) is 15.0. The van der Waals surface area contributed by atoms with Gasteiger partial charge in [0.25, 0.3) is 0 Å². The van der Waals surface area contributed by atoms with E-state index in [1.165, 1.54) is 7.11 Å². The maximum Gasteiger partial charge on any atom is 0.455 e. The number of amides is 1. The van der Waals surface area contributed by atoms with Gasteiger partial charge in [-0.15, -0.1) is 6.58 Å². The van der Waals surface area contributed by atoms with Crippen molar-refractivity contribution < 1.29 is 29.2 Å². The van der Waals surface area contributed by atoms with Crippen molar-refractivity contribution in [2.75, 3.05) is 7.11 Å². The SMILES string of the molecule is C/C=C/CB(O)O.C=CC(C)C(C)(N)C(N)=O.COC(=O)C(C)=O. The lowest BCUT2D eigenvalue weighted by Crippen LogP contribution is -2.53. The Labute approximate surface area is 143 Å². The standard InChI is InChI=1S/C7H14N2O.C4H9BO2.C4H6O3/c1-4-5(2)7(3,9)6(8)10;1-2-3-4-5(6)7;1-3(5)4(6)7-2/h4-5H,1,9H2,2-3H3,(H2,8,10);2-3,6-7H,4H2,1H3;1-2H3/b;3-2+;. The van der Waals surface area contributed by atoms with E-state index in [0.717, 1.165) is 6.92 Å². The van der Waals surface area contributed by atoms with Gasteiger partial charge in [0, 0.05) is 12.8 Å². The number of allylic oxidation sites excluding steroid dienone is 2. The number of ketones is 1. The maximum atomic E-state index is 10.7. The summed E-state index contributed by atoms with van der Waals surface area (Å²) >= 11 is 0. The third-order valence-electron chi connectivity index (χ3n) is 2.89. The van der Waals surface area contributed by atoms with Gasteiger partial charge in [-0.25, -0.2) is 4.79 Å². The molecule has 0 aromatic carbocycles. The normalized spacial score (nSPS) is 13.2. The fourth-order valence-electron chi connectivity index (χ4n) is 0.871. The van der Waals surface area contributed by atoms with Gasteiger partial charge in [-0.05, 0) is 20.2 Å². The molecule has 0 radical (unpaired) electrons. The number of esters is 1. The highest BCUT2D eigenvalue weighted by atomic mass is 16.5. The molecule has 2 unspecified atom stereocenters. The molecule has 0 rings (SSSR count). The third kappa shape index (κ3) is 15.0. The Morgan fingerprint density at radius 2 is 1.83 bits per heavy atom. The lowest BCUT2D eigenvalue weighted by atomic mass is 9.86. The smallest absolute Gasteiger partial charge is 0.455 e. The van der Waals surface area contributed by atoms with Crippen LogP contribution in [0.5, 0.6) is 0 Å². The van der Waals surface area contributed by atoms with Crippen molar-refractivity contribution in [3.8, 4) is 0 Å². The van der Waals surface area contributed by atoms with Gasteiger partial charge >= 0.3 is 13.1 Å². The fourth-order valence-corrected chi connectivity index (χ4v) is 0.871. The number of carbonyl (C=O) groups is 3. The van der Waals surface area contributed by atoms with Crippen molar-refractivity contribution in [1.29, 1.82) is 0 Å². The molecular formula is C15H29BN2O6. The summed E-state index contributed by atoms with van der Waals surface area (Å²) < 4.78 is 4.02. The number of hydrogen-bond acceptors (Lipinski definition) is 7. The largest absolute Gasteiger partial charge is 0.463 e. The summed E-state index contributed by atoms with van der Waals surface area (Å²) in [6.45, 7) is 9.92. The van der Waals surface area contributed by atoms with Crippen molar-refractivity contribution in [3.63, 3.8) is 0 Å². The number of methoxy groups -OCH3 is 1. The van der Waals surface area contributed by atoms with Crippen LogP contribution in [-0.4, -0.2) is 47.5 Å². The van der Waals surface area contributed by atoms with Crippen LogP contribution < -0.4 is 11.5 Å². The first-order chi connectivity index (χ1) is 10.9. The van der Waals surface area contributed by atoms with Crippen LogP contribution in [0, 0.1) is 5.92 Å². The minimum absolute atomic E-state index is 0.0926. The summed E-state index contributed by atoms with van der Waals surface area (Å²) in [5, 5.41) is 16.4. The number of nitrogens with two attached hydrogens (primary N) is 2. The molecule has 0 bridgehead atoms. The van der Waals surface area contributed by atoms with E-state index in [0.29, 0.717) is 6.32 Å². The van der Waals surface area contributed by atoms with Crippen molar-refractivity contribution >= 4 is 24.8 Å². The first kappa shape index (κ1) is 26.9. The summed E-state index contributed by atoms with van der Waals surface area (Å²) in [7, 11) is -0.0137. The Hall–Kier alpha value is -1.97. The summed E-state index contributed by atoms with van der Waals surface area (Å²) in [6, 6.07) is 0. The molecule has 9 heteroatoms. The molecule has 0 heterocycles. The molecule has 0 saturated carbocycles. The average molecular weight is 344 g/mol. The highest BCUT2D eigenvalue weighted by Gasteiger charge is 2.30. The van der Waals surface area contributed by atoms with E-state index in [1.54, 1.807) is 32.1 Å². The van der Waals surface area contributed by atoms with E-state index in [2.05, 4.69) is 11.3 Å². The van der Waals surface area contributed by atoms with Crippen molar-refractivity contribution in [3.05, 3.63) is 24.8 Å². The predicted molar refractivity (Wildman–Crippen MR) is 93.7 cm³/mol. The maximum absolute atomic E-state index is 10.7. The lowest BCUT2D eigenvalue weighted by molar-refractivity contribution is -0.150. The van der Waals surface area contributed by atoms with Gasteiger partial charge in [0.05, 0.1) is 12.6 Å². The Morgan fingerprint density at radius 3 is 1.92 bits per heavy atom. The predicted octanol–water partition coefficient (Wildman–Crippen LogP) is -0.205. The second-order valence-corrected chi connectivity index (χ2v) is 5.00. The topological polar surface area (TPSA) is 153 Å². The van der Waals surface area contributed by atoms with Crippen molar-refractivity contribution in [1.82, 2.24) is 0 Å². The van der Waals surface area contributed by atoms with Crippen LogP contribution in [0.1, 0.15) is 27.7 Å². The summed E-state index contributed by atoms with van der Waals surface area (Å²) in [6.07, 6.45) is 5.42. The second-order valence-electron chi connectivity index (χ2n) is 5.00. The van der Waals surface area contributed by atoms with Gasteiger partial charge in [0.15, 0.2) is 0 Å². The third-order valence-corrected chi connectivity index (χ3v) is 2.89. The fraction of sp³-hybridized carbons (Fsp3) is 0.533. The van der Waals surface area contributed by atoms with E-state index in [4.69, 9.17) is 21.5 Å². The lowest BCUT2D eigenvalue weighted by Gasteiger charge is -2.25. The van der Waals surface area contributed by atoms with Crippen molar-refractivity contribution in [2.24, 2.45) is 17.4 Å². The number of rotatable bonds is 6. The van der Waals surface area contributed by atoms with Gasteiger partial charge in [-0.1, -0.05) is 25.2 Å². The molecule has 0 aromatic rings. The highest BCUT2D eigenvalue weighted by molar-refractivity contribution is 6.41. The molecule has 24 heavy (non-hydrogen) atoms. The van der Waals surface area contributed by atoms with Gasteiger partial charge in [-0.3, -0.25) is 9.59 Å². The van der Waals surface area contributed by atoms with E-state index < -0.39 is 30.3 Å². The molecule has 1 amide bonds. The molecular weight excluding hydrogens is 315 g/mol. The first-order valence-electron chi connectivity index (χ1n) is 7.15. The van der Waals surface area contributed by atoms with E-state index in [-0.39, 0.29) is 5.92 Å². The number of primary amides is 1. The van der Waals surface area contributed by atoms with Crippen LogP contribution in [0.15, 0.2) is 24.8 Å². The molecule has 0 aliphatic heterocycles. The van der Waals surface area contributed by atoms with Gasteiger partial charge in [0.1, 0.15) is 0 Å². The molecule has 2 atom stereocenters. The van der Waals surface area contributed by atoms with Gasteiger partial charge in [0.2, 0.25) is 11.7 Å². The Morgan fingerprint density at radius 1 is 1.38 bits per heavy atom. The molecule has 0 aliphatic rings. The summed E-state index contributed by atoms with van der Waals surface area (Å²) in [5.41, 5.74) is 9.63. The molecule has 6 N–H and O–H groups in total. The molecule has 0 spiro atoms. The number of carbonyl (C=O) groups excluding carboxylic acids is 3. The summed E-state index contributed by atoms with van der Waals surface area (Å²) in [5.74, 6) is -1.95. The Kier molecular flexibility index (Phi) is 16.4. The number of Topliss-reactive ketones (excluding diaryl/α,β-unsaturated/α-hetero) is 1. The van der Waals surface area contributed by atoms with Crippen LogP contribution in [-0.2, 0) is 19.1 Å². The van der Waals surface area contributed by atoms with Crippen LogP contribution >= 0.6 is 0 Å². The molecule has 0 saturated heterocycles. The van der Waals surface area contributed by atoms with Crippen LogP contribution in [0.4, 0.5) is 0 Å². The van der Waals surface area contributed by atoms with Crippen LogP contribution in [0.2, 0.25) is 6.32 Å². The van der Waals surface area contributed by atoms with Crippen LogP contribution in [0.25, 0.3) is 0 Å². The van der Waals surface area contributed by atoms with Crippen molar-refractivity contribution in [2.45, 2.75) is 39.6 Å². The molecule has 0 fully saturated rings. The second kappa shape index (κ2) is 14.6. The van der Waals surface area contributed by atoms with E-state index in [9.17, 15) is 14.4 Å². The van der Waals surface area contributed by atoms with Crippen LogP contribution in [0.3, 0.4) is 0 Å². The molecule has 0 aliphatic carbocycles. The number of hydrogen-bond donors (Lipinski definition) is 4. The first-order valence-corrected chi connectivity index (χ1v) is 7.15. The minimum atomic E-state index is -1.18. The number of ether oxygens (including phenoxy) is 1. The van der Waals surface area contributed by atoms with Gasteiger partial charge < -0.3 is 26.3 Å². The Balaban J connectivity index is -0.000000283. The highest BCUT2D eigenvalue weighted by Crippen LogP contribution is 2.13. The molecule has 8 nitrogen and oxygen atoms in total. The summed E-state index contributed by atoms with van der Waals surface area (Å²) in [4.78, 5) is 30.5. The van der Waals surface area contributed by atoms with E-state index in [1.807, 2.05) is 6.92 Å². The van der Waals surface area contributed by atoms with Gasteiger partial charge in [-0.2, -0.15) is 0 Å². The quantitative estimate of drug-likeness (QED) is 0.225. The monoisotopic (exact) mass is 344 g/mol. The average Bonchev–Trinajstić information content (AvgIpc) is 2.51. The zero-order chi connectivity index (χ0) is 19.9. The minimum Gasteiger partial charge on any atom is -0.463 e. The van der Waals surface area contributed by atoms with E-state index >= 15 is 0 Å².